The third-order valence-electron chi connectivity index (χ3n) is 2.00. The van der Waals surface area contributed by atoms with Crippen LogP contribution in [0.15, 0.2) is 0 Å². The van der Waals surface area contributed by atoms with Crippen LogP contribution in [0.5, 0.6) is 0 Å². The van der Waals surface area contributed by atoms with Gasteiger partial charge in [-0.15, -0.1) is 10.2 Å². The Labute approximate surface area is 69.3 Å². The van der Waals surface area contributed by atoms with Crippen molar-refractivity contribution in [2.45, 2.75) is 25.5 Å². The highest BCUT2D eigenvalue weighted by Gasteiger charge is 2.21. The van der Waals surface area contributed by atoms with Crippen LogP contribution in [-0.2, 0) is 13.0 Å². The number of aryl methyl sites for hydroxylation is 1. The molecule has 0 saturated carbocycles. The van der Waals surface area contributed by atoms with E-state index < -0.39 is 6.10 Å². The summed E-state index contributed by atoms with van der Waals surface area (Å²) in [5.74, 6) is 1.25. The minimum Gasteiger partial charge on any atom is -0.371 e. The minimum absolute atomic E-state index is 0.380. The second-order valence-corrected chi connectivity index (χ2v) is 2.76. The summed E-state index contributed by atoms with van der Waals surface area (Å²) in [6.45, 7) is 0.816. The lowest BCUT2D eigenvalue weighted by molar-refractivity contribution is 0.220. The van der Waals surface area contributed by atoms with Crippen LogP contribution in [0.2, 0.25) is 0 Å². The van der Waals surface area contributed by atoms with E-state index in [1.54, 1.807) is 6.07 Å². The van der Waals surface area contributed by atoms with Gasteiger partial charge in [-0.3, -0.25) is 0 Å². The van der Waals surface area contributed by atoms with E-state index in [2.05, 4.69) is 10.2 Å². The number of nitriles is 1. The molecule has 0 radical (unpaired) electrons. The third-order valence-corrected chi connectivity index (χ3v) is 2.00. The molecule has 12 heavy (non-hydrogen) atoms. The molecule has 0 saturated heterocycles. The van der Waals surface area contributed by atoms with Crippen molar-refractivity contribution in [3.8, 4) is 6.07 Å². The molecule has 0 bridgehead atoms. The molecule has 0 spiro atoms. The van der Waals surface area contributed by atoms with E-state index in [1.807, 2.05) is 4.57 Å². The van der Waals surface area contributed by atoms with Gasteiger partial charge < -0.3 is 9.67 Å². The Morgan fingerprint density at radius 2 is 2.42 bits per heavy atom. The molecule has 62 valence electrons. The van der Waals surface area contributed by atoms with Gasteiger partial charge in [0.1, 0.15) is 11.9 Å². The van der Waals surface area contributed by atoms with E-state index in [1.165, 1.54) is 0 Å². The fraction of sp³-hybridized carbons (Fsp3) is 0.571. The van der Waals surface area contributed by atoms with E-state index >= 15 is 0 Å². The Balaban J connectivity index is 2.41. The molecule has 2 rings (SSSR count). The van der Waals surface area contributed by atoms with Gasteiger partial charge in [0.25, 0.3) is 0 Å². The summed E-state index contributed by atoms with van der Waals surface area (Å²) in [5.41, 5.74) is 0. The second-order valence-electron chi connectivity index (χ2n) is 2.76. The Morgan fingerprint density at radius 1 is 1.58 bits per heavy atom. The van der Waals surface area contributed by atoms with Crippen molar-refractivity contribution in [1.82, 2.24) is 14.8 Å². The van der Waals surface area contributed by atoms with Crippen LogP contribution < -0.4 is 0 Å². The average Bonchev–Trinajstić information content (AvgIpc) is 2.62. The van der Waals surface area contributed by atoms with Crippen LogP contribution in [0.1, 0.15) is 24.2 Å². The van der Waals surface area contributed by atoms with Crippen molar-refractivity contribution in [2.24, 2.45) is 0 Å². The topological polar surface area (TPSA) is 74.7 Å². The summed E-state index contributed by atoms with van der Waals surface area (Å²) in [6, 6.07) is 1.73. The van der Waals surface area contributed by atoms with E-state index in [4.69, 9.17) is 5.26 Å². The monoisotopic (exact) mass is 164 g/mol. The Hall–Kier alpha value is -1.41. The van der Waals surface area contributed by atoms with Crippen molar-refractivity contribution in [1.29, 1.82) is 5.26 Å². The van der Waals surface area contributed by atoms with Crippen LogP contribution in [0.25, 0.3) is 0 Å². The summed E-state index contributed by atoms with van der Waals surface area (Å²) in [7, 11) is 0. The molecule has 0 fully saturated rings. The zero-order valence-corrected chi connectivity index (χ0v) is 6.43. The van der Waals surface area contributed by atoms with Gasteiger partial charge in [0.2, 0.25) is 6.10 Å². The van der Waals surface area contributed by atoms with Crippen LogP contribution in [-0.4, -0.2) is 19.9 Å². The summed E-state index contributed by atoms with van der Waals surface area (Å²) in [6.07, 6.45) is 0.783. The molecule has 2 heterocycles. The molecule has 0 amide bonds. The van der Waals surface area contributed by atoms with Crippen LogP contribution in [0, 0.1) is 11.3 Å². The van der Waals surface area contributed by atoms with Gasteiger partial charge in [-0.25, -0.2) is 0 Å². The summed E-state index contributed by atoms with van der Waals surface area (Å²) < 4.78 is 1.81. The molecular weight excluding hydrogens is 156 g/mol. The van der Waals surface area contributed by atoms with Crippen molar-refractivity contribution in [3.05, 3.63) is 11.6 Å². The first-order valence-electron chi connectivity index (χ1n) is 3.82. The fourth-order valence-electron chi connectivity index (χ4n) is 1.43. The molecule has 0 aliphatic carbocycles. The number of hydrogen-bond donors (Lipinski definition) is 1. The highest BCUT2D eigenvalue weighted by Crippen LogP contribution is 2.18. The van der Waals surface area contributed by atoms with Crippen LogP contribution >= 0.6 is 0 Å². The largest absolute Gasteiger partial charge is 0.371 e. The van der Waals surface area contributed by atoms with Gasteiger partial charge in [0, 0.05) is 13.0 Å². The fourth-order valence-corrected chi connectivity index (χ4v) is 1.43. The summed E-state index contributed by atoms with van der Waals surface area (Å²) >= 11 is 0. The highest BCUT2D eigenvalue weighted by atomic mass is 16.3. The molecule has 1 aromatic heterocycles. The highest BCUT2D eigenvalue weighted by molar-refractivity contribution is 5.08. The zero-order chi connectivity index (χ0) is 8.55. The number of aliphatic hydroxyl groups is 1. The van der Waals surface area contributed by atoms with E-state index in [-0.39, 0.29) is 0 Å². The van der Waals surface area contributed by atoms with Crippen molar-refractivity contribution < 1.29 is 5.11 Å². The summed E-state index contributed by atoms with van der Waals surface area (Å²) in [5, 5.41) is 25.3. The zero-order valence-electron chi connectivity index (χ0n) is 6.43. The standard InChI is InChI=1S/C7H8N4O/c8-4-5(12)7-10-9-6-2-1-3-11(6)7/h5,12H,1-3H2/t5-/m0/s1. The molecule has 5 nitrogen and oxygen atoms in total. The molecule has 0 unspecified atom stereocenters. The van der Waals surface area contributed by atoms with Gasteiger partial charge in [-0.1, -0.05) is 0 Å². The molecule has 1 aromatic rings. The maximum atomic E-state index is 9.20. The number of rotatable bonds is 1. The molecule has 1 aliphatic rings. The van der Waals surface area contributed by atoms with Gasteiger partial charge >= 0.3 is 0 Å². The van der Waals surface area contributed by atoms with Gasteiger partial charge in [0.05, 0.1) is 0 Å². The van der Waals surface area contributed by atoms with E-state index in [9.17, 15) is 5.11 Å². The van der Waals surface area contributed by atoms with Crippen molar-refractivity contribution in [3.63, 3.8) is 0 Å². The first kappa shape index (κ1) is 7.25. The average molecular weight is 164 g/mol. The molecule has 1 aliphatic heterocycles. The van der Waals surface area contributed by atoms with Crippen LogP contribution in [0.3, 0.4) is 0 Å². The van der Waals surface area contributed by atoms with E-state index in [0.717, 1.165) is 25.2 Å². The lowest BCUT2D eigenvalue weighted by Gasteiger charge is -2.01. The first-order chi connectivity index (χ1) is 5.83. The summed E-state index contributed by atoms with van der Waals surface area (Å²) in [4.78, 5) is 0. The molecule has 1 atom stereocenters. The van der Waals surface area contributed by atoms with Crippen LogP contribution in [0.4, 0.5) is 0 Å². The SMILES string of the molecule is N#C[C@H](O)c1nnc2n1CCC2. The first-order valence-corrected chi connectivity index (χ1v) is 3.82. The van der Waals surface area contributed by atoms with Gasteiger partial charge in [-0.05, 0) is 6.42 Å². The maximum absolute atomic E-state index is 9.20. The predicted molar refractivity (Wildman–Crippen MR) is 38.9 cm³/mol. The molecular formula is C7H8N4O. The molecule has 0 aromatic carbocycles. The number of fused-ring (bicyclic) bond motifs is 1. The normalized spacial score (nSPS) is 17.0. The van der Waals surface area contributed by atoms with Crippen molar-refractivity contribution >= 4 is 0 Å². The lowest BCUT2D eigenvalue weighted by atomic mass is 10.3. The number of nitrogens with zero attached hydrogens (tertiary/aromatic N) is 4. The maximum Gasteiger partial charge on any atom is 0.200 e. The Kier molecular flexibility index (Phi) is 1.55. The predicted octanol–water partition coefficient (Wildman–Crippen LogP) is -0.219. The Morgan fingerprint density at radius 3 is 3.17 bits per heavy atom. The van der Waals surface area contributed by atoms with Crippen molar-refractivity contribution in [2.75, 3.05) is 0 Å². The van der Waals surface area contributed by atoms with Gasteiger partial charge in [0.15, 0.2) is 5.82 Å². The number of hydrogen-bond acceptors (Lipinski definition) is 4. The third kappa shape index (κ3) is 0.889. The quantitative estimate of drug-likeness (QED) is 0.582. The minimum atomic E-state index is -1.13. The molecule has 5 heteroatoms. The number of aromatic nitrogens is 3. The lowest BCUT2D eigenvalue weighted by Crippen LogP contribution is -2.05. The Bertz CT molecular complexity index is 338. The molecule has 1 N–H and O–H groups in total. The van der Waals surface area contributed by atoms with E-state index in [0.29, 0.717) is 5.82 Å². The van der Waals surface area contributed by atoms with Gasteiger partial charge in [-0.2, -0.15) is 5.26 Å². The number of aliphatic hydroxyl groups excluding tert-OH is 1. The second kappa shape index (κ2) is 2.57. The smallest absolute Gasteiger partial charge is 0.200 e.